The van der Waals surface area contributed by atoms with Crippen molar-refractivity contribution in [3.63, 3.8) is 0 Å². The number of carbonyl (C=O) groups excluding carboxylic acids is 3. The Morgan fingerprint density at radius 3 is 1.86 bits per heavy atom. The fourth-order valence-corrected chi connectivity index (χ4v) is 5.62. The van der Waals surface area contributed by atoms with Crippen molar-refractivity contribution in [1.82, 2.24) is 14.5 Å². The lowest BCUT2D eigenvalue weighted by Crippen LogP contribution is -2.42. The average molecular weight is 613 g/mol. The Balaban J connectivity index is 1.40. The van der Waals surface area contributed by atoms with Gasteiger partial charge in [-0.3, -0.25) is 9.36 Å². The number of hydrogen-bond donors (Lipinski definition) is 1. The number of hydrogen-bond acceptors (Lipinski definition) is 12. The van der Waals surface area contributed by atoms with E-state index in [1.54, 1.807) is 91.0 Å². The van der Waals surface area contributed by atoms with Gasteiger partial charge in [-0.2, -0.15) is 0 Å². The fraction of sp³-hybridized carbons (Fsp3) is 0.161. The zero-order chi connectivity index (χ0) is 30.6. The van der Waals surface area contributed by atoms with E-state index in [-0.39, 0.29) is 22.6 Å². The number of esters is 3. The topological polar surface area (TPSA) is 162 Å². The van der Waals surface area contributed by atoms with Gasteiger partial charge in [0.1, 0.15) is 29.6 Å². The molecule has 44 heavy (non-hydrogen) atoms. The van der Waals surface area contributed by atoms with Gasteiger partial charge in [0.2, 0.25) is 0 Å². The van der Waals surface area contributed by atoms with Crippen molar-refractivity contribution in [2.45, 2.75) is 24.5 Å². The molecule has 1 fully saturated rings. The average Bonchev–Trinajstić information content (AvgIpc) is 3.57. The Labute approximate surface area is 253 Å². The first-order valence-corrected chi connectivity index (χ1v) is 14.2. The summed E-state index contributed by atoms with van der Waals surface area (Å²) in [7, 11) is 0. The van der Waals surface area contributed by atoms with Crippen molar-refractivity contribution in [3.05, 3.63) is 124 Å². The van der Waals surface area contributed by atoms with Crippen LogP contribution in [-0.4, -0.2) is 57.4 Å². The third kappa shape index (κ3) is 5.78. The highest BCUT2D eigenvalue weighted by atomic mass is 32.1. The first-order chi connectivity index (χ1) is 21.4. The highest BCUT2D eigenvalue weighted by Crippen LogP contribution is 2.37. The van der Waals surface area contributed by atoms with E-state index in [1.165, 1.54) is 10.9 Å². The van der Waals surface area contributed by atoms with Crippen LogP contribution in [0, 0.1) is 0 Å². The monoisotopic (exact) mass is 612 g/mol. The zero-order valence-corrected chi connectivity index (χ0v) is 23.7. The van der Waals surface area contributed by atoms with Gasteiger partial charge in [-0.25, -0.2) is 24.4 Å². The molecule has 1 saturated heterocycles. The molecule has 222 valence electrons. The predicted molar refractivity (Wildman–Crippen MR) is 158 cm³/mol. The smallest absolute Gasteiger partial charge is 0.338 e. The number of nitrogen functional groups attached to an aromatic ring is 1. The number of ether oxygens (including phenoxy) is 4. The molecule has 0 aliphatic carbocycles. The van der Waals surface area contributed by atoms with Gasteiger partial charge in [0.25, 0.3) is 0 Å². The van der Waals surface area contributed by atoms with Gasteiger partial charge >= 0.3 is 22.8 Å². The molecule has 5 aromatic rings. The van der Waals surface area contributed by atoms with Crippen LogP contribution in [0.25, 0.3) is 10.3 Å². The normalized spacial score (nSPS) is 19.4. The van der Waals surface area contributed by atoms with E-state index in [1.807, 2.05) is 0 Å². The standard InChI is InChI=1S/C31H24N4O8S/c32-25-24-26(34-17-33-25)35(31(39)44-24)27-23(43-30(38)20-14-8-3-9-15-20)22(42-29(37)19-12-6-2-7-13-19)21(41-27)16-40-28(36)18-10-4-1-5-11-18/h1-15,17,21-23,27H,16H2,(H2,32,33,34)/t21-,22-,23-,27-/m1/s1. The van der Waals surface area contributed by atoms with Crippen molar-refractivity contribution in [1.29, 1.82) is 0 Å². The van der Waals surface area contributed by atoms with E-state index in [2.05, 4.69) is 9.97 Å². The molecule has 0 spiro atoms. The van der Waals surface area contributed by atoms with Gasteiger partial charge < -0.3 is 24.7 Å². The Morgan fingerprint density at radius 2 is 1.30 bits per heavy atom. The van der Waals surface area contributed by atoms with Crippen LogP contribution < -0.4 is 10.6 Å². The number of aromatic nitrogens is 3. The molecule has 2 aromatic heterocycles. The summed E-state index contributed by atoms with van der Waals surface area (Å²) < 4.78 is 25.1. The molecule has 1 aliphatic heterocycles. The molecule has 0 radical (unpaired) electrons. The van der Waals surface area contributed by atoms with Crippen LogP contribution in [0.5, 0.6) is 0 Å². The summed E-state index contributed by atoms with van der Waals surface area (Å²) in [5.74, 6) is -2.07. The minimum absolute atomic E-state index is 0.0760. The predicted octanol–water partition coefficient (Wildman–Crippen LogP) is 3.64. The molecule has 13 heteroatoms. The lowest BCUT2D eigenvalue weighted by Gasteiger charge is -2.24. The van der Waals surface area contributed by atoms with Crippen LogP contribution in [0.15, 0.2) is 102 Å². The number of rotatable bonds is 8. The van der Waals surface area contributed by atoms with Crippen LogP contribution in [-0.2, 0) is 18.9 Å². The van der Waals surface area contributed by atoms with Gasteiger partial charge in [0.15, 0.2) is 24.1 Å². The van der Waals surface area contributed by atoms with Crippen LogP contribution in [0.1, 0.15) is 37.3 Å². The molecule has 3 heterocycles. The lowest BCUT2D eigenvalue weighted by molar-refractivity contribution is -0.0612. The van der Waals surface area contributed by atoms with E-state index in [4.69, 9.17) is 24.7 Å². The minimum Gasteiger partial charge on any atom is -0.459 e. The van der Waals surface area contributed by atoms with Gasteiger partial charge in [-0.1, -0.05) is 65.9 Å². The first kappa shape index (κ1) is 28.7. The number of fused-ring (bicyclic) bond motifs is 1. The summed E-state index contributed by atoms with van der Waals surface area (Å²) in [6.07, 6.45) is -4.00. The molecule has 0 amide bonds. The Bertz CT molecular complexity index is 1860. The van der Waals surface area contributed by atoms with Crippen LogP contribution in [0.3, 0.4) is 0 Å². The molecule has 0 saturated carbocycles. The second-order valence-electron chi connectivity index (χ2n) is 9.65. The van der Waals surface area contributed by atoms with Crippen LogP contribution in [0.4, 0.5) is 5.82 Å². The third-order valence-electron chi connectivity index (χ3n) is 6.86. The first-order valence-electron chi connectivity index (χ1n) is 13.4. The fourth-order valence-electron chi connectivity index (χ4n) is 4.76. The summed E-state index contributed by atoms with van der Waals surface area (Å²) >= 11 is 0.782. The molecule has 2 N–H and O–H groups in total. The number of anilines is 1. The summed E-state index contributed by atoms with van der Waals surface area (Å²) in [6.45, 7) is -0.399. The molecule has 6 rings (SSSR count). The Kier molecular flexibility index (Phi) is 8.12. The second kappa shape index (κ2) is 12.5. The number of carbonyl (C=O) groups is 3. The summed E-state index contributed by atoms with van der Waals surface area (Å²) in [4.78, 5) is 60.4. The summed E-state index contributed by atoms with van der Waals surface area (Å²) in [6, 6.07) is 24.6. The van der Waals surface area contributed by atoms with Crippen LogP contribution >= 0.6 is 11.3 Å². The van der Waals surface area contributed by atoms with Gasteiger partial charge in [0, 0.05) is 0 Å². The highest BCUT2D eigenvalue weighted by Gasteiger charge is 2.52. The number of thiazole rings is 1. The second-order valence-corrected chi connectivity index (χ2v) is 10.6. The van der Waals surface area contributed by atoms with E-state index in [0.29, 0.717) is 10.3 Å². The van der Waals surface area contributed by atoms with Crippen molar-refractivity contribution in [2.24, 2.45) is 0 Å². The molecular weight excluding hydrogens is 588 g/mol. The SMILES string of the molecule is Nc1ncnc2c1sc(=O)n2[C@@H]1O[C@H](COC(=O)c2ccccc2)[C@@H](OC(=O)c2ccccc2)[C@H]1OC(=O)c1ccccc1. The number of nitrogens with two attached hydrogens (primary N) is 1. The summed E-state index contributed by atoms with van der Waals surface area (Å²) in [5, 5.41) is 0. The largest absolute Gasteiger partial charge is 0.459 e. The molecule has 0 unspecified atom stereocenters. The summed E-state index contributed by atoms with van der Waals surface area (Å²) in [5.41, 5.74) is 6.87. The zero-order valence-electron chi connectivity index (χ0n) is 22.8. The van der Waals surface area contributed by atoms with Gasteiger partial charge in [0.05, 0.1) is 16.7 Å². The quantitative estimate of drug-likeness (QED) is 0.201. The van der Waals surface area contributed by atoms with Gasteiger partial charge in [-0.05, 0) is 36.4 Å². The van der Waals surface area contributed by atoms with E-state index in [0.717, 1.165) is 11.3 Å². The van der Waals surface area contributed by atoms with Crippen LogP contribution in [0.2, 0.25) is 0 Å². The van der Waals surface area contributed by atoms with Crippen molar-refractivity contribution in [3.8, 4) is 0 Å². The molecule has 0 bridgehead atoms. The van der Waals surface area contributed by atoms with E-state index in [9.17, 15) is 19.2 Å². The van der Waals surface area contributed by atoms with Crippen molar-refractivity contribution >= 4 is 45.4 Å². The lowest BCUT2D eigenvalue weighted by atomic mass is 10.1. The Morgan fingerprint density at radius 1 is 0.773 bits per heavy atom. The van der Waals surface area contributed by atoms with E-state index < -0.39 is 53.9 Å². The number of nitrogens with zero attached hydrogens (tertiary/aromatic N) is 3. The molecular formula is C31H24N4O8S. The third-order valence-corrected chi connectivity index (χ3v) is 7.83. The van der Waals surface area contributed by atoms with E-state index >= 15 is 0 Å². The number of benzene rings is 3. The molecule has 3 aromatic carbocycles. The molecule has 1 aliphatic rings. The Hall–Kier alpha value is -5.40. The molecule has 4 atom stereocenters. The highest BCUT2D eigenvalue weighted by molar-refractivity contribution is 7.17. The maximum Gasteiger partial charge on any atom is 0.338 e. The minimum atomic E-state index is -1.37. The maximum absolute atomic E-state index is 13.3. The van der Waals surface area contributed by atoms with Gasteiger partial charge in [-0.15, -0.1) is 0 Å². The van der Waals surface area contributed by atoms with Crippen molar-refractivity contribution in [2.75, 3.05) is 12.3 Å². The maximum atomic E-state index is 13.3. The molecule has 12 nitrogen and oxygen atoms in total. The van der Waals surface area contributed by atoms with Crippen molar-refractivity contribution < 1.29 is 33.3 Å².